The highest BCUT2D eigenvalue weighted by atomic mass is 19.4. The molecule has 2 rings (SSSR count). The van der Waals surface area contributed by atoms with E-state index < -0.39 is 48.3 Å². The molecule has 0 spiro atoms. The topological polar surface area (TPSA) is 84.7 Å². The molecule has 0 aromatic carbocycles. The molecule has 1 fully saturated rings. The Bertz CT molecular complexity index is 500. The van der Waals surface area contributed by atoms with Crippen LogP contribution in [0.5, 0.6) is 5.88 Å². The summed E-state index contributed by atoms with van der Waals surface area (Å²) < 4.78 is 48.2. The van der Waals surface area contributed by atoms with Gasteiger partial charge in [0.05, 0.1) is 24.6 Å². The highest BCUT2D eigenvalue weighted by molar-refractivity contribution is 5.12. The smallest absolute Gasteiger partial charge is 0.435 e. The number of rotatable bonds is 2. The van der Waals surface area contributed by atoms with Gasteiger partial charge in [-0.1, -0.05) is 0 Å². The Morgan fingerprint density at radius 3 is 2.43 bits per heavy atom. The van der Waals surface area contributed by atoms with Gasteiger partial charge >= 0.3 is 6.18 Å². The van der Waals surface area contributed by atoms with Crippen LogP contribution in [0.2, 0.25) is 0 Å². The second-order valence-electron chi connectivity index (χ2n) is 4.85. The number of aliphatic hydroxyl groups is 2. The van der Waals surface area contributed by atoms with Crippen molar-refractivity contribution in [3.8, 4) is 5.88 Å². The van der Waals surface area contributed by atoms with Gasteiger partial charge in [-0.25, -0.2) is 4.98 Å². The Morgan fingerprint density at radius 2 is 1.81 bits per heavy atom. The summed E-state index contributed by atoms with van der Waals surface area (Å²) >= 11 is 0. The maximum absolute atomic E-state index is 12.5. The zero-order valence-corrected chi connectivity index (χ0v) is 11.3. The largest absolute Gasteiger partial charge is 0.468 e. The van der Waals surface area contributed by atoms with Gasteiger partial charge in [0.15, 0.2) is 11.8 Å². The minimum atomic E-state index is -4.65. The first-order chi connectivity index (χ1) is 9.70. The fourth-order valence-corrected chi connectivity index (χ4v) is 2.09. The number of aliphatic hydroxyl groups excluding tert-OH is 2. The molecule has 9 heteroatoms. The molecule has 0 saturated carbocycles. The lowest BCUT2D eigenvalue weighted by atomic mass is 9.96. The number of aromatic nitrogens is 2. The van der Waals surface area contributed by atoms with Gasteiger partial charge in [0.2, 0.25) is 5.88 Å². The van der Waals surface area contributed by atoms with Gasteiger partial charge in [0, 0.05) is 0 Å². The third kappa shape index (κ3) is 3.42. The third-order valence-electron chi connectivity index (χ3n) is 3.22. The number of hydrogen-bond acceptors (Lipinski definition) is 6. The van der Waals surface area contributed by atoms with Crippen LogP contribution < -0.4 is 4.74 Å². The van der Waals surface area contributed by atoms with Gasteiger partial charge in [-0.15, -0.1) is 0 Å². The molecule has 1 aromatic heterocycles. The molecular weight excluding hydrogens is 293 g/mol. The van der Waals surface area contributed by atoms with E-state index >= 15 is 0 Å². The van der Waals surface area contributed by atoms with Crippen LogP contribution in [0, 0.1) is 0 Å². The quantitative estimate of drug-likeness (QED) is 0.839. The molecule has 1 aromatic rings. The van der Waals surface area contributed by atoms with Crippen molar-refractivity contribution in [3.05, 3.63) is 18.1 Å². The summed E-state index contributed by atoms with van der Waals surface area (Å²) in [4.78, 5) is 6.70. The molecule has 0 aliphatic carbocycles. The van der Waals surface area contributed by atoms with Crippen molar-refractivity contribution in [3.63, 3.8) is 0 Å². The molecule has 0 amide bonds. The maximum Gasteiger partial charge on any atom is 0.435 e. The third-order valence-corrected chi connectivity index (χ3v) is 3.22. The summed E-state index contributed by atoms with van der Waals surface area (Å²) in [5, 5.41) is 19.7. The summed E-state index contributed by atoms with van der Waals surface area (Å²) in [5.41, 5.74) is -1.20. The van der Waals surface area contributed by atoms with Crippen molar-refractivity contribution in [2.75, 3.05) is 0 Å². The average molecular weight is 308 g/mol. The molecule has 0 unspecified atom stereocenters. The van der Waals surface area contributed by atoms with Gasteiger partial charge in [0.25, 0.3) is 0 Å². The zero-order valence-electron chi connectivity index (χ0n) is 11.3. The number of halogens is 3. The Hall–Kier alpha value is -1.45. The van der Waals surface area contributed by atoms with Gasteiger partial charge in [-0.3, -0.25) is 4.98 Å². The normalized spacial score (nSPS) is 33.8. The Morgan fingerprint density at radius 1 is 1.14 bits per heavy atom. The molecule has 2 heterocycles. The lowest BCUT2D eigenvalue weighted by Crippen LogP contribution is -2.57. The molecule has 5 atom stereocenters. The van der Waals surface area contributed by atoms with Gasteiger partial charge in [-0.05, 0) is 13.8 Å². The second kappa shape index (κ2) is 5.74. The molecule has 1 saturated heterocycles. The highest BCUT2D eigenvalue weighted by Gasteiger charge is 2.42. The van der Waals surface area contributed by atoms with Crippen LogP contribution in [0.3, 0.4) is 0 Å². The summed E-state index contributed by atoms with van der Waals surface area (Å²) in [6.07, 6.45) is -7.87. The first-order valence-electron chi connectivity index (χ1n) is 6.27. The SMILES string of the molecule is C[C@H]1O[C@H](C)[C@H](Oc2cncc(C(F)(F)F)n2)[C@@H](O)[C@H]1O. The predicted octanol–water partition coefficient (Wildman–Crippen LogP) is 0.772. The Balaban J connectivity index is 2.17. The summed E-state index contributed by atoms with van der Waals surface area (Å²) in [6, 6.07) is 0. The van der Waals surface area contributed by atoms with E-state index in [4.69, 9.17) is 9.47 Å². The van der Waals surface area contributed by atoms with Crippen LogP contribution in [0.1, 0.15) is 19.5 Å². The first-order valence-corrected chi connectivity index (χ1v) is 6.27. The predicted molar refractivity (Wildman–Crippen MR) is 63.5 cm³/mol. The fourth-order valence-electron chi connectivity index (χ4n) is 2.09. The van der Waals surface area contributed by atoms with Crippen LogP contribution in [-0.2, 0) is 10.9 Å². The molecule has 1 aliphatic heterocycles. The van der Waals surface area contributed by atoms with Crippen LogP contribution in [0.15, 0.2) is 12.4 Å². The highest BCUT2D eigenvalue weighted by Crippen LogP contribution is 2.29. The molecule has 6 nitrogen and oxygen atoms in total. The van der Waals surface area contributed by atoms with Gasteiger partial charge in [-0.2, -0.15) is 13.2 Å². The van der Waals surface area contributed by atoms with Crippen molar-refractivity contribution in [2.45, 2.75) is 50.5 Å². The van der Waals surface area contributed by atoms with Crippen LogP contribution >= 0.6 is 0 Å². The van der Waals surface area contributed by atoms with E-state index in [1.165, 1.54) is 0 Å². The van der Waals surface area contributed by atoms with E-state index in [-0.39, 0.29) is 0 Å². The summed E-state index contributed by atoms with van der Waals surface area (Å²) in [5.74, 6) is -0.397. The minimum Gasteiger partial charge on any atom is -0.468 e. The molecule has 2 N–H and O–H groups in total. The molecule has 0 radical (unpaired) electrons. The summed E-state index contributed by atoms with van der Waals surface area (Å²) in [7, 11) is 0. The molecule has 1 aliphatic rings. The van der Waals surface area contributed by atoms with Crippen molar-refractivity contribution in [1.29, 1.82) is 0 Å². The summed E-state index contributed by atoms with van der Waals surface area (Å²) in [6.45, 7) is 3.15. The van der Waals surface area contributed by atoms with Crippen LogP contribution in [0.4, 0.5) is 13.2 Å². The maximum atomic E-state index is 12.5. The fraction of sp³-hybridized carbons (Fsp3) is 0.667. The average Bonchev–Trinajstić information content (AvgIpc) is 2.41. The van der Waals surface area contributed by atoms with Crippen molar-refractivity contribution < 1.29 is 32.9 Å². The number of alkyl halides is 3. The lowest BCUT2D eigenvalue weighted by Gasteiger charge is -2.39. The van der Waals surface area contributed by atoms with E-state index in [1.807, 2.05) is 0 Å². The molecule has 118 valence electrons. The van der Waals surface area contributed by atoms with Crippen molar-refractivity contribution >= 4 is 0 Å². The first kappa shape index (κ1) is 15.9. The molecule has 21 heavy (non-hydrogen) atoms. The zero-order chi connectivity index (χ0) is 15.8. The van der Waals surface area contributed by atoms with Crippen LogP contribution in [0.25, 0.3) is 0 Å². The van der Waals surface area contributed by atoms with Gasteiger partial charge < -0.3 is 19.7 Å². The number of hydrogen-bond donors (Lipinski definition) is 2. The van der Waals surface area contributed by atoms with Crippen molar-refractivity contribution in [2.24, 2.45) is 0 Å². The second-order valence-corrected chi connectivity index (χ2v) is 4.85. The Kier molecular flexibility index (Phi) is 4.35. The monoisotopic (exact) mass is 308 g/mol. The van der Waals surface area contributed by atoms with E-state index in [2.05, 4.69) is 9.97 Å². The standard InChI is InChI=1S/C12H15F3N2O4/c1-5-9(18)10(19)11(6(2)20-5)21-8-4-16-3-7(17-8)12(13,14)15/h3-6,9-11,18-19H,1-2H3/t5-,6-,9+,10+,11+/m1/s1. The molecular formula is C12H15F3N2O4. The van der Waals surface area contributed by atoms with Crippen LogP contribution in [-0.4, -0.2) is 50.7 Å². The van der Waals surface area contributed by atoms with E-state index in [0.717, 1.165) is 6.20 Å². The number of nitrogens with zero attached hydrogens (tertiary/aromatic N) is 2. The number of ether oxygens (including phenoxy) is 2. The van der Waals surface area contributed by atoms with E-state index in [9.17, 15) is 23.4 Å². The Labute approximate surface area is 118 Å². The minimum absolute atomic E-state index is 0.397. The molecule has 0 bridgehead atoms. The van der Waals surface area contributed by atoms with Gasteiger partial charge in [0.1, 0.15) is 12.2 Å². The van der Waals surface area contributed by atoms with E-state index in [1.54, 1.807) is 13.8 Å². The van der Waals surface area contributed by atoms with E-state index in [0.29, 0.717) is 6.20 Å². The van der Waals surface area contributed by atoms with Crippen molar-refractivity contribution in [1.82, 2.24) is 9.97 Å². The lowest BCUT2D eigenvalue weighted by molar-refractivity contribution is -0.205.